The van der Waals surface area contributed by atoms with E-state index in [1.165, 1.54) is 0 Å². The van der Waals surface area contributed by atoms with Gasteiger partial charge in [0.1, 0.15) is 11.3 Å². The van der Waals surface area contributed by atoms with Gasteiger partial charge in [0.25, 0.3) is 5.91 Å². The molecule has 0 saturated carbocycles. The van der Waals surface area contributed by atoms with Gasteiger partial charge in [0, 0.05) is 25.9 Å². The number of carbonyl (C=O) groups is 2. The molecule has 2 rings (SSSR count). The zero-order valence-electron chi connectivity index (χ0n) is 11.4. The minimum absolute atomic E-state index is 0.0128. The van der Waals surface area contributed by atoms with Crippen LogP contribution in [-0.2, 0) is 4.79 Å². The first-order chi connectivity index (χ1) is 10.3. The fourth-order valence-electron chi connectivity index (χ4n) is 1.91. The Morgan fingerprint density at radius 3 is 1.59 bits per heavy atom. The smallest absolute Gasteiger partial charge is 0.260 e. The molecular formula is C14H12F5NO2. The van der Waals surface area contributed by atoms with Crippen LogP contribution >= 0.6 is 0 Å². The number of benzene rings is 1. The summed E-state index contributed by atoms with van der Waals surface area (Å²) in [5.74, 6) is -12.4. The van der Waals surface area contributed by atoms with E-state index in [1.807, 2.05) is 0 Å². The van der Waals surface area contributed by atoms with Crippen molar-refractivity contribution in [3.8, 4) is 0 Å². The molecule has 1 fully saturated rings. The maximum atomic E-state index is 13.4. The number of amides is 1. The van der Waals surface area contributed by atoms with Gasteiger partial charge in [-0.05, 0) is 0 Å². The molecule has 0 radical (unpaired) electrons. The van der Waals surface area contributed by atoms with Gasteiger partial charge in [0.15, 0.2) is 23.3 Å². The van der Waals surface area contributed by atoms with Gasteiger partial charge in [-0.1, -0.05) is 0 Å². The third kappa shape index (κ3) is 3.15. The Bertz CT molecular complexity index is 579. The summed E-state index contributed by atoms with van der Waals surface area (Å²) in [6, 6.07) is 0. The van der Waals surface area contributed by atoms with Crippen LogP contribution in [-0.4, -0.2) is 29.7 Å². The Balaban J connectivity index is 0.00000116. The first-order valence-corrected chi connectivity index (χ1v) is 6.17. The van der Waals surface area contributed by atoms with E-state index in [-0.39, 0.29) is 31.7 Å². The number of carbonyl (C=O) groups excluding carboxylic acids is 2. The summed E-state index contributed by atoms with van der Waals surface area (Å²) in [6.07, 6.45) is -0.0255. The van der Waals surface area contributed by atoms with Crippen molar-refractivity contribution in [3.63, 3.8) is 0 Å². The fourth-order valence-corrected chi connectivity index (χ4v) is 1.91. The lowest BCUT2D eigenvalue weighted by molar-refractivity contribution is -0.120. The molecule has 0 bridgehead atoms. The number of piperidine rings is 1. The van der Waals surface area contributed by atoms with E-state index >= 15 is 0 Å². The molecule has 0 spiro atoms. The lowest BCUT2D eigenvalue weighted by Gasteiger charge is -2.26. The first-order valence-electron chi connectivity index (χ1n) is 6.17. The highest BCUT2D eigenvalue weighted by atomic mass is 19.2. The highest BCUT2D eigenvalue weighted by Gasteiger charge is 2.33. The van der Waals surface area contributed by atoms with Crippen LogP contribution in [0.3, 0.4) is 0 Å². The standard InChI is InChI=1S/C12H8F5NO2.C2H4/c13-7-6(8(14)10(16)11(17)9(7)15)12(20)18-3-1-5(19)2-4-18;1-2/h1-4H2;1-2H2. The van der Waals surface area contributed by atoms with Crippen molar-refractivity contribution in [1.82, 2.24) is 4.90 Å². The monoisotopic (exact) mass is 321 g/mol. The topological polar surface area (TPSA) is 37.4 Å². The van der Waals surface area contributed by atoms with E-state index in [0.717, 1.165) is 4.90 Å². The van der Waals surface area contributed by atoms with E-state index < -0.39 is 40.6 Å². The molecule has 22 heavy (non-hydrogen) atoms. The zero-order chi connectivity index (χ0) is 17.0. The van der Waals surface area contributed by atoms with E-state index in [1.54, 1.807) is 0 Å². The van der Waals surface area contributed by atoms with Crippen LogP contribution in [0.2, 0.25) is 0 Å². The van der Waals surface area contributed by atoms with Gasteiger partial charge in [-0.3, -0.25) is 9.59 Å². The Labute approximate surface area is 123 Å². The summed E-state index contributed by atoms with van der Waals surface area (Å²) in [6.45, 7) is 5.77. The highest BCUT2D eigenvalue weighted by Crippen LogP contribution is 2.24. The minimum Gasteiger partial charge on any atom is -0.338 e. The summed E-state index contributed by atoms with van der Waals surface area (Å²) >= 11 is 0. The number of ketones is 1. The van der Waals surface area contributed by atoms with Gasteiger partial charge < -0.3 is 4.90 Å². The third-order valence-corrected chi connectivity index (χ3v) is 3.03. The molecule has 1 amide bonds. The fraction of sp³-hybridized carbons (Fsp3) is 0.286. The minimum atomic E-state index is -2.31. The maximum absolute atomic E-state index is 13.4. The summed E-state index contributed by atoms with van der Waals surface area (Å²) in [5, 5.41) is 0. The molecule has 8 heteroatoms. The van der Waals surface area contributed by atoms with Crippen LogP contribution in [0.4, 0.5) is 22.0 Å². The van der Waals surface area contributed by atoms with Gasteiger partial charge in [-0.2, -0.15) is 0 Å². The first kappa shape index (κ1) is 17.8. The molecule has 3 nitrogen and oxygen atoms in total. The molecule has 0 atom stereocenters. The van der Waals surface area contributed by atoms with Crippen molar-refractivity contribution in [2.75, 3.05) is 13.1 Å². The summed E-state index contributed by atoms with van der Waals surface area (Å²) in [4.78, 5) is 23.7. The summed E-state index contributed by atoms with van der Waals surface area (Å²) in [5.41, 5.74) is -1.49. The number of hydrogen-bond acceptors (Lipinski definition) is 2. The molecule has 0 aliphatic carbocycles. The van der Waals surface area contributed by atoms with Crippen molar-refractivity contribution in [2.45, 2.75) is 12.8 Å². The van der Waals surface area contributed by atoms with Crippen molar-refractivity contribution in [3.05, 3.63) is 47.8 Å². The molecule has 1 aromatic carbocycles. The van der Waals surface area contributed by atoms with Crippen molar-refractivity contribution in [1.29, 1.82) is 0 Å². The summed E-state index contributed by atoms with van der Waals surface area (Å²) < 4.78 is 65.8. The molecule has 1 aliphatic rings. The lowest BCUT2D eigenvalue weighted by Crippen LogP contribution is -2.39. The maximum Gasteiger partial charge on any atom is 0.260 e. The lowest BCUT2D eigenvalue weighted by atomic mass is 10.1. The van der Waals surface area contributed by atoms with E-state index in [9.17, 15) is 31.5 Å². The molecule has 1 heterocycles. The third-order valence-electron chi connectivity index (χ3n) is 3.03. The normalized spacial score (nSPS) is 14.4. The van der Waals surface area contributed by atoms with E-state index in [0.29, 0.717) is 0 Å². The van der Waals surface area contributed by atoms with Crippen LogP contribution < -0.4 is 0 Å². The predicted molar refractivity (Wildman–Crippen MR) is 67.6 cm³/mol. The number of nitrogens with zero attached hydrogens (tertiary/aromatic N) is 1. The molecule has 1 aromatic rings. The van der Waals surface area contributed by atoms with Crippen molar-refractivity contribution in [2.24, 2.45) is 0 Å². The molecule has 0 aromatic heterocycles. The van der Waals surface area contributed by atoms with Gasteiger partial charge in [0.2, 0.25) is 5.82 Å². The molecule has 1 aliphatic heterocycles. The number of halogens is 5. The van der Waals surface area contributed by atoms with Crippen LogP contribution in [0.15, 0.2) is 13.2 Å². The van der Waals surface area contributed by atoms with Gasteiger partial charge in [0.05, 0.1) is 0 Å². The quantitative estimate of drug-likeness (QED) is 0.345. The second-order valence-corrected chi connectivity index (χ2v) is 4.28. The zero-order valence-corrected chi connectivity index (χ0v) is 11.4. The number of Topliss-reactive ketones (excluding diaryl/α,β-unsaturated/α-hetero) is 1. The van der Waals surface area contributed by atoms with E-state index in [4.69, 9.17) is 0 Å². The Hall–Kier alpha value is -2.25. The van der Waals surface area contributed by atoms with Gasteiger partial charge in [-0.25, -0.2) is 22.0 Å². The van der Waals surface area contributed by atoms with Crippen LogP contribution in [0.1, 0.15) is 23.2 Å². The number of rotatable bonds is 1. The molecule has 120 valence electrons. The SMILES string of the molecule is C=C.O=C1CCN(C(=O)c2c(F)c(F)c(F)c(F)c2F)CC1. The molecule has 0 unspecified atom stereocenters. The Morgan fingerprint density at radius 2 is 1.18 bits per heavy atom. The predicted octanol–water partition coefficient (Wildman–Crippen LogP) is 2.99. The van der Waals surface area contributed by atoms with Crippen LogP contribution in [0.25, 0.3) is 0 Å². The van der Waals surface area contributed by atoms with Crippen molar-refractivity contribution < 1.29 is 31.5 Å². The second kappa shape index (κ2) is 7.15. The second-order valence-electron chi connectivity index (χ2n) is 4.28. The Morgan fingerprint density at radius 1 is 0.818 bits per heavy atom. The summed E-state index contributed by atoms with van der Waals surface area (Å²) in [7, 11) is 0. The molecular weight excluding hydrogens is 309 g/mol. The number of hydrogen-bond donors (Lipinski definition) is 0. The largest absolute Gasteiger partial charge is 0.338 e. The van der Waals surface area contributed by atoms with E-state index in [2.05, 4.69) is 13.2 Å². The highest BCUT2D eigenvalue weighted by molar-refractivity contribution is 5.96. The molecule has 1 saturated heterocycles. The Kier molecular flexibility index (Phi) is 5.78. The average molecular weight is 321 g/mol. The van der Waals surface area contributed by atoms with Gasteiger partial charge in [-0.15, -0.1) is 13.2 Å². The molecule has 0 N–H and O–H groups in total. The number of likely N-dealkylation sites (tertiary alicyclic amines) is 1. The average Bonchev–Trinajstić information content (AvgIpc) is 2.53. The van der Waals surface area contributed by atoms with Crippen LogP contribution in [0, 0.1) is 29.1 Å². The van der Waals surface area contributed by atoms with Crippen molar-refractivity contribution >= 4 is 11.7 Å². The van der Waals surface area contributed by atoms with Crippen LogP contribution in [0.5, 0.6) is 0 Å². The van der Waals surface area contributed by atoms with Gasteiger partial charge >= 0.3 is 0 Å².